The van der Waals surface area contributed by atoms with Crippen LogP contribution in [0, 0.1) is 5.92 Å². The van der Waals surface area contributed by atoms with Crippen molar-refractivity contribution in [2.24, 2.45) is 10.9 Å². The molecule has 1 aliphatic carbocycles. The zero-order valence-corrected chi connectivity index (χ0v) is 15.1. The summed E-state index contributed by atoms with van der Waals surface area (Å²) in [4.78, 5) is 52.7. The minimum absolute atomic E-state index is 0.170. The lowest BCUT2D eigenvalue weighted by Crippen LogP contribution is -2.46. The van der Waals surface area contributed by atoms with E-state index in [9.17, 15) is 19.2 Å². The number of fused-ring (bicyclic) bond motifs is 1. The second kappa shape index (κ2) is 9.07. The van der Waals surface area contributed by atoms with Gasteiger partial charge in [0.1, 0.15) is 0 Å². The lowest BCUT2D eigenvalue weighted by Gasteiger charge is -2.29. The Hall–Kier alpha value is -2.77. The van der Waals surface area contributed by atoms with Crippen LogP contribution in [0.15, 0.2) is 28.8 Å². The van der Waals surface area contributed by atoms with Crippen molar-refractivity contribution >= 4 is 29.5 Å². The number of rotatable bonds is 8. The summed E-state index contributed by atoms with van der Waals surface area (Å²) in [7, 11) is 0. The highest BCUT2D eigenvalue weighted by Crippen LogP contribution is 2.22. The minimum atomic E-state index is -0.620. The highest BCUT2D eigenvalue weighted by molar-refractivity contribution is 6.23. The van der Waals surface area contributed by atoms with E-state index >= 15 is 0 Å². The van der Waals surface area contributed by atoms with Crippen LogP contribution in [-0.2, 0) is 14.4 Å². The van der Waals surface area contributed by atoms with Crippen molar-refractivity contribution in [1.82, 2.24) is 15.5 Å². The van der Waals surface area contributed by atoms with E-state index in [0.717, 1.165) is 19.3 Å². The Morgan fingerprint density at radius 1 is 1.19 bits per heavy atom. The molecule has 0 fully saturated rings. The molecular formula is C18H24N4O4. The van der Waals surface area contributed by atoms with Crippen molar-refractivity contribution < 1.29 is 19.2 Å². The number of allylic oxidation sites excluding steroid dienone is 1. The summed E-state index contributed by atoms with van der Waals surface area (Å²) in [6.07, 6.45) is 7.33. The van der Waals surface area contributed by atoms with E-state index in [1.54, 1.807) is 12.2 Å². The molecule has 0 aromatic carbocycles. The normalized spacial score (nSPS) is 18.8. The standard InChI is InChI=1S/C18H24N4O4/c1-3-4-5-10-22-17(25)14-7-6-13(11-15(14)21-18(22)26)16(24)20-9-8-19-12(2)23/h6-7,11,14H,3-5,8-10H2,1-2H3,(H,19,23)(H,20,24). The first-order chi connectivity index (χ1) is 12.4. The first-order valence-corrected chi connectivity index (χ1v) is 8.80. The topological polar surface area (TPSA) is 108 Å². The molecule has 0 saturated heterocycles. The summed E-state index contributed by atoms with van der Waals surface area (Å²) >= 11 is 0. The fourth-order valence-corrected chi connectivity index (χ4v) is 2.72. The number of nitrogens with one attached hydrogen (secondary N) is 2. The number of nitrogens with zero attached hydrogens (tertiary/aromatic N) is 2. The molecule has 0 bridgehead atoms. The van der Waals surface area contributed by atoms with E-state index in [2.05, 4.69) is 15.6 Å². The molecule has 2 N–H and O–H groups in total. The monoisotopic (exact) mass is 360 g/mol. The van der Waals surface area contributed by atoms with E-state index < -0.39 is 11.9 Å². The number of unbranched alkanes of at least 4 members (excludes halogenated alkanes) is 2. The molecule has 0 aromatic heterocycles. The number of carbonyl (C=O) groups excluding carboxylic acids is 4. The van der Waals surface area contributed by atoms with Gasteiger partial charge in [0, 0.05) is 32.1 Å². The van der Waals surface area contributed by atoms with Gasteiger partial charge in [-0.2, -0.15) is 4.99 Å². The van der Waals surface area contributed by atoms with E-state index in [4.69, 9.17) is 0 Å². The second-order valence-electron chi connectivity index (χ2n) is 6.19. The summed E-state index contributed by atoms with van der Waals surface area (Å²) in [5.74, 6) is -1.44. The summed E-state index contributed by atoms with van der Waals surface area (Å²) in [5.41, 5.74) is 0.615. The van der Waals surface area contributed by atoms with Gasteiger partial charge in [-0.1, -0.05) is 31.9 Å². The van der Waals surface area contributed by atoms with Gasteiger partial charge >= 0.3 is 6.03 Å². The number of aliphatic imine (C=N–C) groups is 1. The van der Waals surface area contributed by atoms with Crippen LogP contribution in [0.25, 0.3) is 0 Å². The molecule has 1 heterocycles. The van der Waals surface area contributed by atoms with Gasteiger partial charge in [-0.05, 0) is 12.5 Å². The Balaban J connectivity index is 2.00. The molecule has 2 aliphatic rings. The highest BCUT2D eigenvalue weighted by Gasteiger charge is 2.36. The average molecular weight is 360 g/mol. The van der Waals surface area contributed by atoms with Crippen LogP contribution < -0.4 is 10.6 Å². The van der Waals surface area contributed by atoms with Crippen molar-refractivity contribution in [2.75, 3.05) is 19.6 Å². The van der Waals surface area contributed by atoms with Crippen LogP contribution in [-0.4, -0.2) is 54.0 Å². The minimum Gasteiger partial charge on any atom is -0.355 e. The van der Waals surface area contributed by atoms with E-state index in [1.165, 1.54) is 17.9 Å². The largest absolute Gasteiger partial charge is 0.355 e. The third-order valence-corrected chi connectivity index (χ3v) is 4.11. The van der Waals surface area contributed by atoms with Crippen LogP contribution in [0.1, 0.15) is 33.1 Å². The van der Waals surface area contributed by atoms with Gasteiger partial charge in [-0.25, -0.2) is 4.79 Å². The van der Waals surface area contributed by atoms with Crippen molar-refractivity contribution in [2.45, 2.75) is 33.1 Å². The number of imide groups is 1. The van der Waals surface area contributed by atoms with E-state index in [-0.39, 0.29) is 24.3 Å². The third kappa shape index (κ3) is 4.87. The number of carbonyl (C=O) groups is 4. The summed E-state index contributed by atoms with van der Waals surface area (Å²) < 4.78 is 0. The fraction of sp³-hybridized carbons (Fsp3) is 0.500. The molecule has 2 rings (SSSR count). The van der Waals surface area contributed by atoms with Gasteiger partial charge in [0.15, 0.2) is 0 Å². The first kappa shape index (κ1) is 19.6. The third-order valence-electron chi connectivity index (χ3n) is 4.11. The quantitative estimate of drug-likeness (QED) is 0.628. The number of hydrogen-bond acceptors (Lipinski definition) is 4. The summed E-state index contributed by atoms with van der Waals surface area (Å²) in [6, 6.07) is -0.575. The average Bonchev–Trinajstić information content (AvgIpc) is 2.60. The highest BCUT2D eigenvalue weighted by atomic mass is 16.2. The lowest BCUT2D eigenvalue weighted by molar-refractivity contribution is -0.129. The molecule has 0 saturated carbocycles. The van der Waals surface area contributed by atoms with Gasteiger partial charge in [0.05, 0.1) is 11.6 Å². The SMILES string of the molecule is CCCCCN1C(=O)N=C2C=C(C(=O)NCCNC(C)=O)C=CC2C1=O. The van der Waals surface area contributed by atoms with E-state index in [1.807, 2.05) is 6.92 Å². The van der Waals surface area contributed by atoms with Crippen molar-refractivity contribution in [3.05, 3.63) is 23.8 Å². The van der Waals surface area contributed by atoms with E-state index in [0.29, 0.717) is 24.4 Å². The Morgan fingerprint density at radius 2 is 1.92 bits per heavy atom. The Morgan fingerprint density at radius 3 is 2.62 bits per heavy atom. The molecule has 0 spiro atoms. The molecule has 0 aromatic rings. The molecule has 1 unspecified atom stereocenters. The van der Waals surface area contributed by atoms with Crippen molar-refractivity contribution in [3.63, 3.8) is 0 Å². The van der Waals surface area contributed by atoms with Gasteiger partial charge in [-0.3, -0.25) is 19.3 Å². The summed E-state index contributed by atoms with van der Waals surface area (Å²) in [5, 5.41) is 5.24. The molecule has 1 atom stereocenters. The van der Waals surface area contributed by atoms with Gasteiger partial charge in [0.2, 0.25) is 11.8 Å². The maximum absolute atomic E-state index is 12.5. The van der Waals surface area contributed by atoms with Crippen LogP contribution in [0.5, 0.6) is 0 Å². The Kier molecular flexibility index (Phi) is 6.82. The lowest BCUT2D eigenvalue weighted by atomic mass is 9.91. The van der Waals surface area contributed by atoms with Crippen LogP contribution >= 0.6 is 0 Å². The molecule has 26 heavy (non-hydrogen) atoms. The van der Waals surface area contributed by atoms with Crippen molar-refractivity contribution in [1.29, 1.82) is 0 Å². The maximum Gasteiger partial charge on any atom is 0.350 e. The number of hydrogen-bond donors (Lipinski definition) is 2. The number of urea groups is 1. The molecule has 0 radical (unpaired) electrons. The number of amides is 5. The molecule has 8 heteroatoms. The Bertz CT molecular complexity index is 693. The molecule has 140 valence electrons. The zero-order chi connectivity index (χ0) is 19.1. The predicted octanol–water partition coefficient (Wildman–Crippen LogP) is 0.944. The molecule has 8 nitrogen and oxygen atoms in total. The van der Waals surface area contributed by atoms with Gasteiger partial charge < -0.3 is 10.6 Å². The van der Waals surface area contributed by atoms with Crippen LogP contribution in [0.4, 0.5) is 4.79 Å². The fourth-order valence-electron chi connectivity index (χ4n) is 2.72. The first-order valence-electron chi connectivity index (χ1n) is 8.80. The van der Waals surface area contributed by atoms with Crippen LogP contribution in [0.2, 0.25) is 0 Å². The molecule has 1 aliphatic heterocycles. The second-order valence-corrected chi connectivity index (χ2v) is 6.19. The van der Waals surface area contributed by atoms with Crippen molar-refractivity contribution in [3.8, 4) is 0 Å². The zero-order valence-electron chi connectivity index (χ0n) is 15.1. The molecule has 5 amide bonds. The Labute approximate surface area is 152 Å². The summed E-state index contributed by atoms with van der Waals surface area (Å²) in [6.45, 7) is 4.42. The molecular weight excluding hydrogens is 336 g/mol. The van der Waals surface area contributed by atoms with Crippen LogP contribution in [0.3, 0.4) is 0 Å². The van der Waals surface area contributed by atoms with Gasteiger partial charge in [0.25, 0.3) is 5.91 Å². The predicted molar refractivity (Wildman–Crippen MR) is 96.5 cm³/mol. The van der Waals surface area contributed by atoms with Gasteiger partial charge in [-0.15, -0.1) is 0 Å². The smallest absolute Gasteiger partial charge is 0.350 e. The maximum atomic E-state index is 12.5.